The van der Waals surface area contributed by atoms with Gasteiger partial charge >= 0.3 is 0 Å². The lowest BCUT2D eigenvalue weighted by atomic mass is 10.1. The van der Waals surface area contributed by atoms with E-state index in [0.717, 1.165) is 16.9 Å². The molecule has 0 saturated heterocycles. The van der Waals surface area contributed by atoms with Crippen LogP contribution in [0.2, 0.25) is 0 Å². The molecule has 6 nitrogen and oxygen atoms in total. The highest BCUT2D eigenvalue weighted by atomic mass is 16.5. The first-order chi connectivity index (χ1) is 10.2. The van der Waals surface area contributed by atoms with Gasteiger partial charge in [-0.2, -0.15) is 5.10 Å². The first kappa shape index (κ1) is 13.0. The summed E-state index contributed by atoms with van der Waals surface area (Å²) >= 11 is 0. The van der Waals surface area contributed by atoms with Gasteiger partial charge in [0.15, 0.2) is 11.6 Å². The van der Waals surface area contributed by atoms with E-state index in [1.165, 1.54) is 6.07 Å². The van der Waals surface area contributed by atoms with E-state index in [9.17, 15) is 5.11 Å². The molecule has 0 fully saturated rings. The van der Waals surface area contributed by atoms with Gasteiger partial charge in [-0.25, -0.2) is 4.98 Å². The number of H-pyrrole nitrogens is 1. The fraction of sp³-hybridized carbons (Fsp3) is 0.0667. The average molecular weight is 282 g/mol. The highest BCUT2D eigenvalue weighted by Gasteiger charge is 2.09. The molecule has 6 heteroatoms. The van der Waals surface area contributed by atoms with Crippen LogP contribution in [0.25, 0.3) is 22.8 Å². The average Bonchev–Trinajstić information content (AvgIpc) is 3.00. The molecule has 3 rings (SSSR count). The molecule has 2 aromatic carbocycles. The summed E-state index contributed by atoms with van der Waals surface area (Å²) in [6, 6.07) is 12.4. The summed E-state index contributed by atoms with van der Waals surface area (Å²) in [5.41, 5.74) is 7.59. The first-order valence-electron chi connectivity index (χ1n) is 6.33. The Morgan fingerprint density at radius 2 is 2.00 bits per heavy atom. The number of anilines is 1. The molecule has 0 radical (unpaired) electrons. The van der Waals surface area contributed by atoms with Crippen molar-refractivity contribution in [3.05, 3.63) is 42.5 Å². The normalized spacial score (nSPS) is 10.5. The van der Waals surface area contributed by atoms with Crippen LogP contribution in [0.1, 0.15) is 0 Å². The zero-order valence-electron chi connectivity index (χ0n) is 11.4. The summed E-state index contributed by atoms with van der Waals surface area (Å²) in [7, 11) is 1.61. The van der Waals surface area contributed by atoms with Crippen LogP contribution in [0.3, 0.4) is 0 Å². The van der Waals surface area contributed by atoms with E-state index in [2.05, 4.69) is 15.2 Å². The SMILES string of the molecule is COc1cccc(-c2n[nH]c(-c3ccc(O)c(N)c3)n2)c1. The highest BCUT2D eigenvalue weighted by Crippen LogP contribution is 2.27. The highest BCUT2D eigenvalue weighted by molar-refractivity contribution is 5.67. The van der Waals surface area contributed by atoms with Crippen molar-refractivity contribution >= 4 is 5.69 Å². The summed E-state index contributed by atoms with van der Waals surface area (Å²) in [6.45, 7) is 0. The number of aromatic hydroxyl groups is 1. The van der Waals surface area contributed by atoms with Crippen molar-refractivity contribution in [3.8, 4) is 34.3 Å². The smallest absolute Gasteiger partial charge is 0.181 e. The van der Waals surface area contributed by atoms with Crippen LogP contribution in [-0.2, 0) is 0 Å². The van der Waals surface area contributed by atoms with Crippen molar-refractivity contribution in [3.63, 3.8) is 0 Å². The third-order valence-corrected chi connectivity index (χ3v) is 3.11. The lowest BCUT2D eigenvalue weighted by Gasteiger charge is -2.01. The molecule has 0 unspecified atom stereocenters. The molecular weight excluding hydrogens is 268 g/mol. The minimum Gasteiger partial charge on any atom is -0.506 e. The second kappa shape index (κ2) is 5.16. The fourth-order valence-corrected chi connectivity index (χ4v) is 1.98. The standard InChI is InChI=1S/C15H14N4O2/c1-21-11-4-2-3-9(7-11)14-17-15(19-18-14)10-5-6-13(20)12(16)8-10/h2-8,20H,16H2,1H3,(H,17,18,19). The van der Waals surface area contributed by atoms with Crippen LogP contribution in [0.15, 0.2) is 42.5 Å². The monoisotopic (exact) mass is 282 g/mol. The molecule has 21 heavy (non-hydrogen) atoms. The van der Waals surface area contributed by atoms with Gasteiger partial charge in [0.2, 0.25) is 0 Å². The number of aromatic amines is 1. The van der Waals surface area contributed by atoms with Gasteiger partial charge in [0.05, 0.1) is 12.8 Å². The second-order valence-electron chi connectivity index (χ2n) is 4.51. The van der Waals surface area contributed by atoms with Crippen LogP contribution in [-0.4, -0.2) is 27.4 Å². The summed E-state index contributed by atoms with van der Waals surface area (Å²) < 4.78 is 5.19. The summed E-state index contributed by atoms with van der Waals surface area (Å²) in [4.78, 5) is 4.44. The number of hydrogen-bond donors (Lipinski definition) is 3. The van der Waals surface area contributed by atoms with E-state index in [1.807, 2.05) is 24.3 Å². The number of phenols is 1. The summed E-state index contributed by atoms with van der Waals surface area (Å²) in [6.07, 6.45) is 0. The van der Waals surface area contributed by atoms with Gasteiger partial charge in [-0.15, -0.1) is 0 Å². The first-order valence-corrected chi connectivity index (χ1v) is 6.33. The van der Waals surface area contributed by atoms with E-state index in [4.69, 9.17) is 10.5 Å². The fourth-order valence-electron chi connectivity index (χ4n) is 1.98. The van der Waals surface area contributed by atoms with E-state index < -0.39 is 0 Å². The van der Waals surface area contributed by atoms with Gasteiger partial charge in [0.1, 0.15) is 11.5 Å². The lowest BCUT2D eigenvalue weighted by Crippen LogP contribution is -1.88. The van der Waals surface area contributed by atoms with E-state index in [0.29, 0.717) is 17.3 Å². The van der Waals surface area contributed by atoms with Crippen LogP contribution in [0.4, 0.5) is 5.69 Å². The molecule has 0 amide bonds. The van der Waals surface area contributed by atoms with Crippen molar-refractivity contribution < 1.29 is 9.84 Å². The Bertz CT molecular complexity index is 783. The van der Waals surface area contributed by atoms with E-state index >= 15 is 0 Å². The Morgan fingerprint density at radius 3 is 2.76 bits per heavy atom. The number of nitrogens with zero attached hydrogens (tertiary/aromatic N) is 2. The molecule has 4 N–H and O–H groups in total. The lowest BCUT2D eigenvalue weighted by molar-refractivity contribution is 0.415. The number of methoxy groups -OCH3 is 1. The number of phenolic OH excluding ortho intramolecular Hbond substituents is 1. The minimum atomic E-state index is 0.0475. The van der Waals surface area contributed by atoms with Crippen molar-refractivity contribution in [1.82, 2.24) is 15.2 Å². The Morgan fingerprint density at radius 1 is 1.14 bits per heavy atom. The van der Waals surface area contributed by atoms with Crippen molar-refractivity contribution in [2.24, 2.45) is 0 Å². The molecule has 0 spiro atoms. The summed E-state index contributed by atoms with van der Waals surface area (Å²) in [5.74, 6) is 1.94. The van der Waals surface area contributed by atoms with Gasteiger partial charge in [-0.1, -0.05) is 12.1 Å². The second-order valence-corrected chi connectivity index (χ2v) is 4.51. The predicted octanol–water partition coefficient (Wildman–Crippen LogP) is 2.44. The maximum absolute atomic E-state index is 9.45. The predicted molar refractivity (Wildman–Crippen MR) is 79.9 cm³/mol. The number of rotatable bonds is 3. The van der Waals surface area contributed by atoms with Crippen LogP contribution in [0.5, 0.6) is 11.5 Å². The van der Waals surface area contributed by atoms with Gasteiger partial charge in [0.25, 0.3) is 0 Å². The maximum atomic E-state index is 9.45. The molecule has 0 atom stereocenters. The van der Waals surface area contributed by atoms with Crippen LogP contribution in [0, 0.1) is 0 Å². The zero-order chi connectivity index (χ0) is 14.8. The number of nitrogens with one attached hydrogen (secondary N) is 1. The molecule has 106 valence electrons. The number of benzene rings is 2. The molecule has 0 bridgehead atoms. The third-order valence-electron chi connectivity index (χ3n) is 3.11. The van der Waals surface area contributed by atoms with Crippen LogP contribution < -0.4 is 10.5 Å². The molecule has 0 aliphatic rings. The molecule has 0 saturated carbocycles. The Hall–Kier alpha value is -3.02. The van der Waals surface area contributed by atoms with Gasteiger partial charge < -0.3 is 15.6 Å². The van der Waals surface area contributed by atoms with E-state index in [1.54, 1.807) is 19.2 Å². The third kappa shape index (κ3) is 2.51. The van der Waals surface area contributed by atoms with Crippen molar-refractivity contribution in [1.29, 1.82) is 0 Å². The largest absolute Gasteiger partial charge is 0.506 e. The molecule has 1 aromatic heterocycles. The van der Waals surface area contributed by atoms with E-state index in [-0.39, 0.29) is 5.75 Å². The zero-order valence-corrected chi connectivity index (χ0v) is 11.4. The van der Waals surface area contributed by atoms with Gasteiger partial charge in [0, 0.05) is 11.1 Å². The van der Waals surface area contributed by atoms with Crippen molar-refractivity contribution in [2.45, 2.75) is 0 Å². The van der Waals surface area contributed by atoms with Crippen molar-refractivity contribution in [2.75, 3.05) is 12.8 Å². The Balaban J connectivity index is 1.97. The number of nitrogen functional groups attached to an aromatic ring is 1. The van der Waals surface area contributed by atoms with Gasteiger partial charge in [-0.3, -0.25) is 5.10 Å². The van der Waals surface area contributed by atoms with Gasteiger partial charge in [-0.05, 0) is 30.3 Å². The van der Waals surface area contributed by atoms with Crippen LogP contribution >= 0.6 is 0 Å². The number of hydrogen-bond acceptors (Lipinski definition) is 5. The summed E-state index contributed by atoms with van der Waals surface area (Å²) in [5, 5.41) is 16.5. The molecule has 0 aliphatic carbocycles. The Kier molecular flexibility index (Phi) is 3.19. The number of ether oxygens (including phenoxy) is 1. The Labute approximate surface area is 121 Å². The number of aromatic nitrogens is 3. The maximum Gasteiger partial charge on any atom is 0.181 e. The topological polar surface area (TPSA) is 97.0 Å². The molecule has 1 heterocycles. The molecular formula is C15H14N4O2. The quantitative estimate of drug-likeness (QED) is 0.506. The minimum absolute atomic E-state index is 0.0475. The molecule has 3 aromatic rings. The molecule has 0 aliphatic heterocycles. The number of nitrogens with two attached hydrogens (primary N) is 1.